The molecule has 0 bridgehead atoms. The highest BCUT2D eigenvalue weighted by atomic mass is 19.3. The Morgan fingerprint density at radius 2 is 2.09 bits per heavy atom. The molecule has 33 heavy (non-hydrogen) atoms. The van der Waals surface area contributed by atoms with E-state index in [0.29, 0.717) is 40.4 Å². The molecule has 5 rings (SSSR count). The summed E-state index contributed by atoms with van der Waals surface area (Å²) in [5, 5.41) is 17.6. The lowest BCUT2D eigenvalue weighted by Gasteiger charge is -2.26. The van der Waals surface area contributed by atoms with E-state index >= 15 is 0 Å². The third-order valence-electron chi connectivity index (χ3n) is 5.78. The van der Waals surface area contributed by atoms with Gasteiger partial charge in [-0.3, -0.25) is 0 Å². The summed E-state index contributed by atoms with van der Waals surface area (Å²) in [7, 11) is 1.61. The minimum atomic E-state index is -3.25. The first kappa shape index (κ1) is 21.3. The third kappa shape index (κ3) is 3.91. The van der Waals surface area contributed by atoms with Crippen LogP contribution < -0.4 is 14.8 Å². The monoisotopic (exact) mass is 455 g/mol. The van der Waals surface area contributed by atoms with Gasteiger partial charge in [0.15, 0.2) is 17.2 Å². The Kier molecular flexibility index (Phi) is 5.24. The summed E-state index contributed by atoms with van der Waals surface area (Å²) in [6.07, 6.45) is -3.17. The molecule has 2 N–H and O–H groups in total. The van der Waals surface area contributed by atoms with Gasteiger partial charge in [-0.25, -0.2) is 9.97 Å². The van der Waals surface area contributed by atoms with E-state index in [1.165, 1.54) is 0 Å². The first-order chi connectivity index (χ1) is 15.9. The number of alkyl halides is 2. The lowest BCUT2D eigenvalue weighted by molar-refractivity contribution is -0.186. The second kappa shape index (κ2) is 8.11. The number of aliphatic hydroxyl groups is 1. The zero-order valence-corrected chi connectivity index (χ0v) is 18.2. The number of aliphatic hydroxyl groups excluding tert-OH is 1. The van der Waals surface area contributed by atoms with E-state index in [0.717, 1.165) is 16.9 Å². The van der Waals surface area contributed by atoms with Gasteiger partial charge in [0.05, 0.1) is 20.1 Å². The Balaban J connectivity index is 1.63. The van der Waals surface area contributed by atoms with E-state index in [1.54, 1.807) is 23.8 Å². The fourth-order valence-corrected chi connectivity index (χ4v) is 4.01. The van der Waals surface area contributed by atoms with Crippen LogP contribution in [-0.2, 0) is 19.4 Å². The average Bonchev–Trinajstić information content (AvgIpc) is 3.22. The Labute approximate surface area is 188 Å². The number of methoxy groups -OCH3 is 1. The standard InChI is InChI=1S/C23H23F2N5O3/c1-13-11-16(32-2)5-3-15(13)12-26-22-28-19-17(21-27-18(8-10-31)29-30(21)22)6-4-14-7-9-23(24,25)33-20(14)19/h3-6,11,31H,7-10,12H2,1-2H3,(H,26,28). The number of ether oxygens (including phenoxy) is 2. The van der Waals surface area contributed by atoms with Gasteiger partial charge in [-0.1, -0.05) is 12.1 Å². The number of nitrogens with one attached hydrogen (secondary N) is 1. The van der Waals surface area contributed by atoms with Crippen LogP contribution in [0.3, 0.4) is 0 Å². The van der Waals surface area contributed by atoms with Crippen LogP contribution in [0.4, 0.5) is 14.7 Å². The van der Waals surface area contributed by atoms with Gasteiger partial charge in [0.25, 0.3) is 0 Å². The molecule has 0 saturated heterocycles. The molecular weight excluding hydrogens is 432 g/mol. The molecule has 10 heteroatoms. The van der Waals surface area contributed by atoms with Crippen molar-refractivity contribution < 1.29 is 23.4 Å². The van der Waals surface area contributed by atoms with Crippen molar-refractivity contribution in [2.24, 2.45) is 0 Å². The van der Waals surface area contributed by atoms with E-state index < -0.39 is 6.11 Å². The summed E-state index contributed by atoms with van der Waals surface area (Å²) in [4.78, 5) is 9.16. The number of fused-ring (bicyclic) bond motifs is 5. The maximum absolute atomic E-state index is 14.1. The highest BCUT2D eigenvalue weighted by molar-refractivity contribution is 5.97. The second-order valence-electron chi connectivity index (χ2n) is 8.01. The molecule has 2 aromatic carbocycles. The van der Waals surface area contributed by atoms with Crippen molar-refractivity contribution in [1.29, 1.82) is 0 Å². The highest BCUT2D eigenvalue weighted by Crippen LogP contribution is 2.40. The number of hydrogen-bond donors (Lipinski definition) is 2. The maximum Gasteiger partial charge on any atom is 0.398 e. The van der Waals surface area contributed by atoms with Gasteiger partial charge in [-0.2, -0.15) is 13.3 Å². The molecule has 0 amide bonds. The number of halogens is 2. The summed E-state index contributed by atoms with van der Waals surface area (Å²) >= 11 is 0. The van der Waals surface area contributed by atoms with Crippen molar-refractivity contribution in [3.05, 3.63) is 52.8 Å². The largest absolute Gasteiger partial charge is 0.497 e. The SMILES string of the molecule is COc1ccc(CNc2nc3c4c(ccc3c3nc(CCO)nn23)CCC(F)(F)O4)c(C)c1. The van der Waals surface area contributed by atoms with Gasteiger partial charge in [0, 0.05) is 18.4 Å². The van der Waals surface area contributed by atoms with Crippen LogP contribution >= 0.6 is 0 Å². The fraction of sp³-hybridized carbons (Fsp3) is 0.348. The number of nitrogens with zero attached hydrogens (tertiary/aromatic N) is 4. The van der Waals surface area contributed by atoms with E-state index in [1.807, 2.05) is 25.1 Å². The van der Waals surface area contributed by atoms with Gasteiger partial charge >= 0.3 is 6.11 Å². The molecule has 8 nitrogen and oxygen atoms in total. The number of aromatic nitrogens is 4. The Morgan fingerprint density at radius 3 is 2.85 bits per heavy atom. The van der Waals surface area contributed by atoms with Crippen molar-refractivity contribution in [3.63, 3.8) is 0 Å². The lowest BCUT2D eigenvalue weighted by Crippen LogP contribution is -2.29. The topological polar surface area (TPSA) is 93.8 Å². The quantitative estimate of drug-likeness (QED) is 0.458. The zero-order valence-electron chi connectivity index (χ0n) is 18.2. The van der Waals surface area contributed by atoms with Gasteiger partial charge in [-0.05, 0) is 48.2 Å². The summed E-state index contributed by atoms with van der Waals surface area (Å²) in [5.41, 5.74) is 3.48. The molecule has 0 saturated carbocycles. The van der Waals surface area contributed by atoms with Crippen molar-refractivity contribution in [2.75, 3.05) is 19.0 Å². The van der Waals surface area contributed by atoms with Crippen molar-refractivity contribution in [3.8, 4) is 11.5 Å². The predicted octanol–water partition coefficient (Wildman–Crippen LogP) is 3.66. The highest BCUT2D eigenvalue weighted by Gasteiger charge is 2.37. The van der Waals surface area contributed by atoms with Gasteiger partial charge in [-0.15, -0.1) is 5.10 Å². The summed E-state index contributed by atoms with van der Waals surface area (Å²) in [5.74, 6) is 1.61. The minimum Gasteiger partial charge on any atom is -0.497 e. The van der Waals surface area contributed by atoms with E-state index in [4.69, 9.17) is 9.47 Å². The van der Waals surface area contributed by atoms with Crippen LogP contribution in [0.5, 0.6) is 11.5 Å². The van der Waals surface area contributed by atoms with Crippen molar-refractivity contribution in [2.45, 2.75) is 38.8 Å². The molecule has 1 aliphatic rings. The van der Waals surface area contributed by atoms with Crippen LogP contribution in [0.1, 0.15) is 28.9 Å². The summed E-state index contributed by atoms with van der Waals surface area (Å²) in [6, 6.07) is 9.32. The molecule has 3 heterocycles. The molecule has 0 atom stereocenters. The smallest absolute Gasteiger partial charge is 0.398 e. The zero-order chi connectivity index (χ0) is 23.2. The molecule has 0 radical (unpaired) electrons. The van der Waals surface area contributed by atoms with Crippen molar-refractivity contribution in [1.82, 2.24) is 19.6 Å². The van der Waals surface area contributed by atoms with Gasteiger partial charge in [0.2, 0.25) is 5.95 Å². The number of benzene rings is 2. The summed E-state index contributed by atoms with van der Waals surface area (Å²) in [6.45, 7) is 2.29. The van der Waals surface area contributed by atoms with Gasteiger partial charge in [0.1, 0.15) is 11.3 Å². The fourth-order valence-electron chi connectivity index (χ4n) is 4.01. The van der Waals surface area contributed by atoms with E-state index in [9.17, 15) is 13.9 Å². The Hall–Kier alpha value is -3.53. The van der Waals surface area contributed by atoms with Crippen LogP contribution in [-0.4, -0.2) is 44.5 Å². The van der Waals surface area contributed by atoms with Crippen LogP contribution in [0.2, 0.25) is 0 Å². The molecule has 0 unspecified atom stereocenters. The number of anilines is 1. The molecule has 0 spiro atoms. The van der Waals surface area contributed by atoms with Gasteiger partial charge < -0.3 is 19.9 Å². The molecule has 0 fully saturated rings. The first-order valence-electron chi connectivity index (χ1n) is 10.6. The van der Waals surface area contributed by atoms with Crippen LogP contribution in [0, 0.1) is 6.92 Å². The summed E-state index contributed by atoms with van der Waals surface area (Å²) < 4.78 is 40.0. The van der Waals surface area contributed by atoms with Crippen molar-refractivity contribution >= 4 is 22.5 Å². The van der Waals surface area contributed by atoms with Crippen LogP contribution in [0.15, 0.2) is 30.3 Å². The molecular formula is C23H23F2N5O3. The molecule has 1 aliphatic heterocycles. The first-order valence-corrected chi connectivity index (χ1v) is 10.6. The Bertz CT molecular complexity index is 1360. The minimum absolute atomic E-state index is 0.0710. The molecule has 2 aromatic heterocycles. The number of aryl methyl sites for hydroxylation is 2. The maximum atomic E-state index is 14.1. The predicted molar refractivity (Wildman–Crippen MR) is 118 cm³/mol. The molecule has 4 aromatic rings. The number of rotatable bonds is 6. The molecule has 172 valence electrons. The average molecular weight is 455 g/mol. The number of hydrogen-bond acceptors (Lipinski definition) is 7. The third-order valence-corrected chi connectivity index (χ3v) is 5.78. The van der Waals surface area contributed by atoms with E-state index in [2.05, 4.69) is 20.4 Å². The van der Waals surface area contributed by atoms with E-state index in [-0.39, 0.29) is 31.6 Å². The lowest BCUT2D eigenvalue weighted by atomic mass is 10.0. The normalized spacial score (nSPS) is 14.8. The Morgan fingerprint density at radius 1 is 1.24 bits per heavy atom. The second-order valence-corrected chi connectivity index (χ2v) is 8.01. The van der Waals surface area contributed by atoms with Crippen LogP contribution in [0.25, 0.3) is 16.6 Å². The molecule has 0 aliphatic carbocycles.